The van der Waals surface area contributed by atoms with Crippen LogP contribution >= 0.6 is 23.2 Å². The van der Waals surface area contributed by atoms with Crippen LogP contribution in [0.5, 0.6) is 0 Å². The van der Waals surface area contributed by atoms with Gasteiger partial charge in [-0.15, -0.1) is 0 Å². The van der Waals surface area contributed by atoms with Gasteiger partial charge >= 0.3 is 5.97 Å². The van der Waals surface area contributed by atoms with Crippen LogP contribution in [0.4, 0.5) is 0 Å². The lowest BCUT2D eigenvalue weighted by Gasteiger charge is -2.22. The van der Waals surface area contributed by atoms with Crippen molar-refractivity contribution in [3.63, 3.8) is 0 Å². The Morgan fingerprint density at radius 2 is 2.00 bits per heavy atom. The van der Waals surface area contributed by atoms with E-state index in [4.69, 9.17) is 27.9 Å². The normalized spacial score (nSPS) is 14.4. The van der Waals surface area contributed by atoms with Gasteiger partial charge in [0.2, 0.25) is 15.9 Å². The lowest BCUT2D eigenvalue weighted by atomic mass is 10.4. The summed E-state index contributed by atoms with van der Waals surface area (Å²) in [4.78, 5) is 23.2. The van der Waals surface area contributed by atoms with E-state index in [2.05, 4.69) is 5.32 Å². The number of carbonyl (C=O) groups is 2. The summed E-state index contributed by atoms with van der Waals surface area (Å²) >= 11 is 11.9. The molecule has 1 saturated carbocycles. The molecule has 1 aromatic carbocycles. The average molecular weight is 409 g/mol. The number of nitrogens with one attached hydrogen (secondary N) is 1. The Hall–Kier alpha value is -1.35. The lowest BCUT2D eigenvalue weighted by molar-refractivity contribution is -0.143. The number of esters is 1. The summed E-state index contributed by atoms with van der Waals surface area (Å²) in [7, 11) is -3.99. The summed E-state index contributed by atoms with van der Waals surface area (Å²) in [5.74, 6) is -1.18. The second-order valence-corrected chi connectivity index (χ2v) is 8.06. The van der Waals surface area contributed by atoms with Gasteiger partial charge in [-0.3, -0.25) is 9.59 Å². The van der Waals surface area contributed by atoms with Crippen LogP contribution in [0.25, 0.3) is 0 Å². The number of carbonyl (C=O) groups excluding carboxylic acids is 2. The lowest BCUT2D eigenvalue weighted by Crippen LogP contribution is -2.43. The van der Waals surface area contributed by atoms with E-state index in [9.17, 15) is 18.0 Å². The molecule has 0 saturated heterocycles. The molecule has 1 aliphatic carbocycles. The van der Waals surface area contributed by atoms with Gasteiger partial charge < -0.3 is 10.1 Å². The highest BCUT2D eigenvalue weighted by Crippen LogP contribution is 2.36. The highest BCUT2D eigenvalue weighted by atomic mass is 35.5. The number of halogens is 2. The van der Waals surface area contributed by atoms with E-state index in [0.29, 0.717) is 12.8 Å². The molecule has 0 aliphatic heterocycles. The van der Waals surface area contributed by atoms with E-state index >= 15 is 0 Å². The molecule has 0 atom stereocenters. The second-order valence-electron chi connectivity index (χ2n) is 5.42. The van der Waals surface area contributed by atoms with Gasteiger partial charge in [0.25, 0.3) is 0 Å². The third kappa shape index (κ3) is 5.07. The summed E-state index contributed by atoms with van der Waals surface area (Å²) in [5, 5.41) is 2.39. The first-order chi connectivity index (χ1) is 11.8. The zero-order valence-electron chi connectivity index (χ0n) is 13.5. The van der Waals surface area contributed by atoms with E-state index in [1.54, 1.807) is 6.92 Å². The Labute approximate surface area is 156 Å². The maximum absolute atomic E-state index is 12.9. The van der Waals surface area contributed by atoms with Gasteiger partial charge in [0.1, 0.15) is 11.4 Å². The molecule has 0 unspecified atom stereocenters. The number of rotatable bonds is 8. The predicted octanol–water partition coefficient (Wildman–Crippen LogP) is 1.83. The van der Waals surface area contributed by atoms with Crippen LogP contribution in [0.3, 0.4) is 0 Å². The zero-order chi connectivity index (χ0) is 18.6. The summed E-state index contributed by atoms with van der Waals surface area (Å²) in [6.07, 6.45) is 1.31. The standard InChI is InChI=1S/C15H18Cl2N2O5S/c1-2-24-14(21)8-18-13(20)9-19(10-6-7-10)25(22,23)12-5-3-4-11(16)15(12)17/h3-5,10H,2,6-9H2,1H3,(H,18,20). The SMILES string of the molecule is CCOC(=O)CNC(=O)CN(C1CC1)S(=O)(=O)c1cccc(Cl)c1Cl. The van der Waals surface area contributed by atoms with Crippen LogP contribution in [0.15, 0.2) is 23.1 Å². The van der Waals surface area contributed by atoms with Crippen molar-refractivity contribution in [3.05, 3.63) is 28.2 Å². The van der Waals surface area contributed by atoms with Crippen molar-refractivity contribution >= 4 is 45.1 Å². The van der Waals surface area contributed by atoms with E-state index < -0.39 is 28.4 Å². The highest BCUT2D eigenvalue weighted by molar-refractivity contribution is 7.89. The number of ether oxygens (including phenoxy) is 1. The van der Waals surface area contributed by atoms with E-state index in [1.165, 1.54) is 18.2 Å². The van der Waals surface area contributed by atoms with Crippen molar-refractivity contribution < 1.29 is 22.7 Å². The maximum atomic E-state index is 12.9. The Bertz CT molecular complexity index is 765. The molecule has 2 rings (SSSR count). The molecule has 0 aromatic heterocycles. The highest BCUT2D eigenvalue weighted by Gasteiger charge is 2.40. The number of nitrogens with zero attached hydrogens (tertiary/aromatic N) is 1. The Morgan fingerprint density at radius 3 is 2.60 bits per heavy atom. The van der Waals surface area contributed by atoms with Gasteiger partial charge in [0, 0.05) is 6.04 Å². The van der Waals surface area contributed by atoms with Gasteiger partial charge in [0.15, 0.2) is 0 Å². The molecule has 1 N–H and O–H groups in total. The van der Waals surface area contributed by atoms with Gasteiger partial charge in [-0.05, 0) is 31.9 Å². The van der Waals surface area contributed by atoms with Crippen molar-refractivity contribution in [2.24, 2.45) is 0 Å². The summed E-state index contributed by atoms with van der Waals surface area (Å²) < 4.78 is 31.5. The van der Waals surface area contributed by atoms with Crippen molar-refractivity contribution in [1.29, 1.82) is 0 Å². The monoisotopic (exact) mass is 408 g/mol. The van der Waals surface area contributed by atoms with Crippen LogP contribution in [-0.4, -0.2) is 50.3 Å². The second kappa shape index (κ2) is 8.35. The molecule has 0 heterocycles. The van der Waals surface area contributed by atoms with Crippen LogP contribution in [0, 0.1) is 0 Å². The quantitative estimate of drug-likeness (QED) is 0.662. The van der Waals surface area contributed by atoms with Crippen molar-refractivity contribution in [3.8, 4) is 0 Å². The minimum Gasteiger partial charge on any atom is -0.465 e. The third-order valence-corrected chi connectivity index (χ3v) is 6.36. The first-order valence-electron chi connectivity index (χ1n) is 7.65. The predicted molar refractivity (Wildman–Crippen MR) is 93.0 cm³/mol. The largest absolute Gasteiger partial charge is 0.465 e. The van der Waals surface area contributed by atoms with Crippen LogP contribution < -0.4 is 5.32 Å². The number of hydrogen-bond acceptors (Lipinski definition) is 5. The van der Waals surface area contributed by atoms with Crippen molar-refractivity contribution in [2.45, 2.75) is 30.7 Å². The average Bonchev–Trinajstić information content (AvgIpc) is 3.38. The minimum atomic E-state index is -3.99. The van der Waals surface area contributed by atoms with Crippen molar-refractivity contribution in [2.75, 3.05) is 19.7 Å². The molecule has 0 radical (unpaired) electrons. The summed E-state index contributed by atoms with van der Waals surface area (Å²) in [5.41, 5.74) is 0. The fourth-order valence-corrected chi connectivity index (χ4v) is 4.54. The smallest absolute Gasteiger partial charge is 0.325 e. The summed E-state index contributed by atoms with van der Waals surface area (Å²) in [6, 6.07) is 4.03. The topological polar surface area (TPSA) is 92.8 Å². The number of hydrogen-bond donors (Lipinski definition) is 1. The molecule has 1 aromatic rings. The van der Waals surface area contributed by atoms with E-state index in [-0.39, 0.29) is 34.1 Å². The molecular formula is C15H18Cl2N2O5S. The van der Waals surface area contributed by atoms with Gasteiger partial charge in [0.05, 0.1) is 23.2 Å². The maximum Gasteiger partial charge on any atom is 0.325 e. The van der Waals surface area contributed by atoms with Crippen LogP contribution in [0.2, 0.25) is 10.0 Å². The van der Waals surface area contributed by atoms with Crippen LogP contribution in [-0.2, 0) is 24.3 Å². The molecule has 1 aliphatic rings. The third-order valence-electron chi connectivity index (χ3n) is 3.49. The Balaban J connectivity index is 2.13. The molecule has 1 amide bonds. The fraction of sp³-hybridized carbons (Fsp3) is 0.467. The fourth-order valence-electron chi connectivity index (χ4n) is 2.16. The molecule has 0 spiro atoms. The van der Waals surface area contributed by atoms with Crippen molar-refractivity contribution in [1.82, 2.24) is 9.62 Å². The number of amides is 1. The summed E-state index contributed by atoms with van der Waals surface area (Å²) in [6.45, 7) is 1.12. The van der Waals surface area contributed by atoms with Crippen LogP contribution in [0.1, 0.15) is 19.8 Å². The molecule has 7 nitrogen and oxygen atoms in total. The Morgan fingerprint density at radius 1 is 1.32 bits per heavy atom. The zero-order valence-corrected chi connectivity index (χ0v) is 15.8. The first kappa shape index (κ1) is 20.0. The molecule has 25 heavy (non-hydrogen) atoms. The van der Waals surface area contributed by atoms with Gasteiger partial charge in [-0.1, -0.05) is 29.3 Å². The van der Waals surface area contributed by atoms with E-state index in [1.807, 2.05) is 0 Å². The van der Waals surface area contributed by atoms with E-state index in [0.717, 1.165) is 4.31 Å². The van der Waals surface area contributed by atoms with Gasteiger partial charge in [-0.2, -0.15) is 4.31 Å². The molecule has 1 fully saturated rings. The Kier molecular flexibility index (Phi) is 6.67. The first-order valence-corrected chi connectivity index (χ1v) is 9.85. The minimum absolute atomic E-state index is 0.0817. The molecule has 0 bridgehead atoms. The molecule has 138 valence electrons. The number of sulfonamides is 1. The molecular weight excluding hydrogens is 391 g/mol. The van der Waals surface area contributed by atoms with Gasteiger partial charge in [-0.25, -0.2) is 8.42 Å². The molecule has 10 heteroatoms. The number of benzene rings is 1.